The van der Waals surface area contributed by atoms with Gasteiger partial charge in [-0.05, 0) is 43.4 Å². The number of anilines is 1. The SMILES string of the molecule is NC(=O)c1c(NC(=O)COC(=O)c2ccco2)sc2c1CCCC2. The van der Waals surface area contributed by atoms with Crippen molar-refractivity contribution >= 4 is 34.1 Å². The highest BCUT2D eigenvalue weighted by atomic mass is 32.1. The molecule has 0 saturated heterocycles. The molecule has 24 heavy (non-hydrogen) atoms. The van der Waals surface area contributed by atoms with Gasteiger partial charge in [-0.25, -0.2) is 4.79 Å². The molecule has 0 spiro atoms. The van der Waals surface area contributed by atoms with Crippen molar-refractivity contribution in [2.24, 2.45) is 5.73 Å². The molecule has 0 saturated carbocycles. The van der Waals surface area contributed by atoms with Crippen LogP contribution in [0.25, 0.3) is 0 Å². The zero-order chi connectivity index (χ0) is 17.1. The summed E-state index contributed by atoms with van der Waals surface area (Å²) in [4.78, 5) is 36.5. The number of rotatable bonds is 5. The lowest BCUT2D eigenvalue weighted by Gasteiger charge is -2.11. The van der Waals surface area contributed by atoms with E-state index >= 15 is 0 Å². The highest BCUT2D eigenvalue weighted by Crippen LogP contribution is 2.37. The molecule has 0 fully saturated rings. The summed E-state index contributed by atoms with van der Waals surface area (Å²) in [6, 6.07) is 2.99. The third-order valence-electron chi connectivity index (χ3n) is 3.73. The Morgan fingerprint density at radius 2 is 2.08 bits per heavy atom. The number of aryl methyl sites for hydroxylation is 1. The van der Waals surface area contributed by atoms with Gasteiger partial charge in [-0.3, -0.25) is 9.59 Å². The topological polar surface area (TPSA) is 112 Å². The highest BCUT2D eigenvalue weighted by Gasteiger charge is 2.25. The molecule has 8 heteroatoms. The Bertz CT molecular complexity index is 779. The van der Waals surface area contributed by atoms with Crippen LogP contribution in [0.4, 0.5) is 5.00 Å². The Morgan fingerprint density at radius 3 is 2.79 bits per heavy atom. The van der Waals surface area contributed by atoms with Gasteiger partial charge in [0.05, 0.1) is 11.8 Å². The van der Waals surface area contributed by atoms with Gasteiger partial charge in [0.2, 0.25) is 5.76 Å². The smallest absolute Gasteiger partial charge is 0.374 e. The Morgan fingerprint density at radius 1 is 1.29 bits per heavy atom. The fourth-order valence-electron chi connectivity index (χ4n) is 2.67. The molecule has 0 bridgehead atoms. The van der Waals surface area contributed by atoms with Gasteiger partial charge in [0.1, 0.15) is 5.00 Å². The first-order chi connectivity index (χ1) is 11.6. The second kappa shape index (κ2) is 6.88. The van der Waals surface area contributed by atoms with Crippen molar-refractivity contribution in [1.29, 1.82) is 0 Å². The van der Waals surface area contributed by atoms with Crippen LogP contribution in [0.3, 0.4) is 0 Å². The molecule has 2 heterocycles. The quantitative estimate of drug-likeness (QED) is 0.804. The molecular weight excluding hydrogens is 332 g/mol. The van der Waals surface area contributed by atoms with Crippen LogP contribution in [-0.4, -0.2) is 24.4 Å². The van der Waals surface area contributed by atoms with Crippen LogP contribution in [0.5, 0.6) is 0 Å². The molecule has 3 rings (SSSR count). The number of hydrogen-bond acceptors (Lipinski definition) is 6. The van der Waals surface area contributed by atoms with Crippen molar-refractivity contribution in [3.63, 3.8) is 0 Å². The van der Waals surface area contributed by atoms with E-state index in [-0.39, 0.29) is 5.76 Å². The molecule has 7 nitrogen and oxygen atoms in total. The Hall–Kier alpha value is -2.61. The first kappa shape index (κ1) is 16.3. The first-order valence-electron chi connectivity index (χ1n) is 7.51. The maximum absolute atomic E-state index is 12.0. The number of thiophene rings is 1. The summed E-state index contributed by atoms with van der Waals surface area (Å²) >= 11 is 1.36. The molecule has 0 aromatic carbocycles. The van der Waals surface area contributed by atoms with Gasteiger partial charge in [-0.1, -0.05) is 0 Å². The number of carbonyl (C=O) groups is 3. The third kappa shape index (κ3) is 3.33. The first-order valence-corrected chi connectivity index (χ1v) is 8.32. The number of nitrogens with two attached hydrogens (primary N) is 1. The normalized spacial score (nSPS) is 13.2. The number of hydrogen-bond donors (Lipinski definition) is 2. The lowest BCUT2D eigenvalue weighted by Crippen LogP contribution is -2.22. The van der Waals surface area contributed by atoms with E-state index in [1.54, 1.807) is 6.07 Å². The lowest BCUT2D eigenvalue weighted by atomic mass is 9.95. The molecule has 2 aromatic rings. The van der Waals surface area contributed by atoms with Crippen LogP contribution in [0.1, 0.15) is 44.2 Å². The summed E-state index contributed by atoms with van der Waals surface area (Å²) in [6.45, 7) is -0.472. The Balaban J connectivity index is 1.67. The largest absolute Gasteiger partial charge is 0.457 e. The molecule has 3 N–H and O–H groups in total. The van der Waals surface area contributed by atoms with E-state index in [4.69, 9.17) is 14.9 Å². The summed E-state index contributed by atoms with van der Waals surface area (Å²) in [5.41, 5.74) is 6.77. The monoisotopic (exact) mass is 348 g/mol. The molecule has 1 aliphatic rings. The van der Waals surface area contributed by atoms with E-state index in [9.17, 15) is 14.4 Å². The number of fused-ring (bicyclic) bond motifs is 1. The minimum Gasteiger partial charge on any atom is -0.457 e. The summed E-state index contributed by atoms with van der Waals surface area (Å²) in [6.07, 6.45) is 5.06. The molecule has 0 aliphatic heterocycles. The molecule has 0 radical (unpaired) electrons. The average Bonchev–Trinajstić information content (AvgIpc) is 3.19. The molecule has 126 valence electrons. The minimum absolute atomic E-state index is 0.0206. The molecule has 1 aliphatic carbocycles. The molecule has 0 unspecified atom stereocenters. The van der Waals surface area contributed by atoms with Crippen LogP contribution >= 0.6 is 11.3 Å². The van der Waals surface area contributed by atoms with Gasteiger partial charge < -0.3 is 20.2 Å². The molecule has 2 aromatic heterocycles. The van der Waals surface area contributed by atoms with Crippen molar-refractivity contribution in [1.82, 2.24) is 0 Å². The fourth-order valence-corrected chi connectivity index (χ4v) is 3.99. The van der Waals surface area contributed by atoms with Crippen molar-refractivity contribution in [2.75, 3.05) is 11.9 Å². The third-order valence-corrected chi connectivity index (χ3v) is 4.93. The van der Waals surface area contributed by atoms with Crippen LogP contribution in [0.15, 0.2) is 22.8 Å². The fraction of sp³-hybridized carbons (Fsp3) is 0.312. The van der Waals surface area contributed by atoms with E-state index in [1.165, 1.54) is 23.7 Å². The maximum atomic E-state index is 12.0. The van der Waals surface area contributed by atoms with Crippen molar-refractivity contribution < 1.29 is 23.5 Å². The van der Waals surface area contributed by atoms with Crippen LogP contribution in [-0.2, 0) is 22.4 Å². The average molecular weight is 348 g/mol. The Labute approximate surface area is 141 Å². The predicted molar refractivity (Wildman–Crippen MR) is 87.1 cm³/mol. The summed E-state index contributed by atoms with van der Waals surface area (Å²) in [5.74, 6) is -1.80. The van der Waals surface area contributed by atoms with Gasteiger partial charge >= 0.3 is 5.97 Å². The van der Waals surface area contributed by atoms with E-state index in [2.05, 4.69) is 5.32 Å². The number of ether oxygens (including phenoxy) is 1. The summed E-state index contributed by atoms with van der Waals surface area (Å²) in [7, 11) is 0. The number of amides is 2. The van der Waals surface area contributed by atoms with E-state index < -0.39 is 24.4 Å². The second-order valence-corrected chi connectivity index (χ2v) is 6.49. The van der Waals surface area contributed by atoms with E-state index in [1.807, 2.05) is 0 Å². The molecular formula is C16H16N2O5S. The number of esters is 1. The van der Waals surface area contributed by atoms with Gasteiger partial charge in [0.15, 0.2) is 6.61 Å². The zero-order valence-electron chi connectivity index (χ0n) is 12.8. The van der Waals surface area contributed by atoms with Crippen molar-refractivity contribution in [3.05, 3.63) is 40.2 Å². The maximum Gasteiger partial charge on any atom is 0.374 e. The van der Waals surface area contributed by atoms with Gasteiger partial charge in [0, 0.05) is 4.88 Å². The summed E-state index contributed by atoms with van der Waals surface area (Å²) < 4.78 is 9.75. The predicted octanol–water partition coefficient (Wildman–Crippen LogP) is 2.11. The minimum atomic E-state index is -0.726. The van der Waals surface area contributed by atoms with Crippen LogP contribution < -0.4 is 11.1 Å². The standard InChI is InChI=1S/C16H16N2O5S/c17-14(20)13-9-4-1-2-6-11(9)24-15(13)18-12(19)8-23-16(21)10-5-3-7-22-10/h3,5,7H,1-2,4,6,8H2,(H2,17,20)(H,18,19). The van der Waals surface area contributed by atoms with Gasteiger partial charge in [-0.15, -0.1) is 11.3 Å². The summed E-state index contributed by atoms with van der Waals surface area (Å²) in [5, 5.41) is 3.05. The number of furan rings is 1. The van der Waals surface area contributed by atoms with Gasteiger partial charge in [0.25, 0.3) is 11.8 Å². The lowest BCUT2D eigenvalue weighted by molar-refractivity contribution is -0.119. The van der Waals surface area contributed by atoms with Crippen LogP contribution in [0.2, 0.25) is 0 Å². The van der Waals surface area contributed by atoms with Crippen molar-refractivity contribution in [3.8, 4) is 0 Å². The second-order valence-electron chi connectivity index (χ2n) is 5.38. The molecule has 0 atom stereocenters. The number of carbonyl (C=O) groups excluding carboxylic acids is 3. The number of nitrogens with one attached hydrogen (secondary N) is 1. The van der Waals surface area contributed by atoms with E-state index in [0.29, 0.717) is 10.6 Å². The highest BCUT2D eigenvalue weighted by molar-refractivity contribution is 7.17. The van der Waals surface area contributed by atoms with E-state index in [0.717, 1.165) is 36.1 Å². The van der Waals surface area contributed by atoms with Gasteiger partial charge in [-0.2, -0.15) is 0 Å². The van der Waals surface area contributed by atoms with Crippen LogP contribution in [0, 0.1) is 0 Å². The number of primary amides is 1. The van der Waals surface area contributed by atoms with Crippen molar-refractivity contribution in [2.45, 2.75) is 25.7 Å². The Kier molecular flexibility index (Phi) is 4.66. The molecule has 2 amide bonds. The zero-order valence-corrected chi connectivity index (χ0v) is 13.6.